The van der Waals surface area contributed by atoms with Crippen LogP contribution in [0.15, 0.2) is 24.3 Å². The third kappa shape index (κ3) is 6.11. The SMILES string of the molecule is CCOC(=O)c1c(NC(=O)CN2CCN(C3CCS(=O)(=O)C3)CC2)sc(C)c1-c1ccc(C)cc1. The second-order valence-corrected chi connectivity index (χ2v) is 12.7. The molecule has 1 amide bonds. The molecule has 0 saturated carbocycles. The van der Waals surface area contributed by atoms with Gasteiger partial charge in [0.05, 0.1) is 24.7 Å². The first-order valence-corrected chi connectivity index (χ1v) is 14.6. The Kier molecular flexibility index (Phi) is 7.95. The Labute approximate surface area is 211 Å². The van der Waals surface area contributed by atoms with Gasteiger partial charge in [0.15, 0.2) is 9.84 Å². The number of hydrogen-bond donors (Lipinski definition) is 1. The second kappa shape index (κ2) is 10.8. The number of anilines is 1. The lowest BCUT2D eigenvalue weighted by Gasteiger charge is -2.37. The summed E-state index contributed by atoms with van der Waals surface area (Å²) in [5.41, 5.74) is 3.24. The van der Waals surface area contributed by atoms with Gasteiger partial charge in [0.2, 0.25) is 5.91 Å². The molecule has 0 spiro atoms. The maximum atomic E-state index is 12.9. The molecule has 2 aliphatic heterocycles. The molecule has 1 unspecified atom stereocenters. The molecule has 1 N–H and O–H groups in total. The van der Waals surface area contributed by atoms with Crippen molar-refractivity contribution in [2.24, 2.45) is 0 Å². The van der Waals surface area contributed by atoms with E-state index in [9.17, 15) is 18.0 Å². The number of hydrogen-bond acceptors (Lipinski definition) is 8. The average Bonchev–Trinajstić information content (AvgIpc) is 3.33. The zero-order chi connectivity index (χ0) is 25.2. The molecule has 0 aliphatic carbocycles. The summed E-state index contributed by atoms with van der Waals surface area (Å²) in [4.78, 5) is 31.1. The van der Waals surface area contributed by atoms with Crippen LogP contribution in [-0.4, -0.2) is 87.0 Å². The molecule has 0 radical (unpaired) electrons. The Balaban J connectivity index is 1.43. The molecule has 1 aromatic heterocycles. The van der Waals surface area contributed by atoms with E-state index < -0.39 is 15.8 Å². The number of carbonyl (C=O) groups excluding carboxylic acids is 2. The molecule has 2 saturated heterocycles. The van der Waals surface area contributed by atoms with E-state index in [1.807, 2.05) is 38.1 Å². The van der Waals surface area contributed by atoms with Crippen molar-refractivity contribution in [1.82, 2.24) is 9.80 Å². The highest BCUT2D eigenvalue weighted by molar-refractivity contribution is 7.91. The van der Waals surface area contributed by atoms with Gasteiger partial charge < -0.3 is 10.1 Å². The summed E-state index contributed by atoms with van der Waals surface area (Å²) in [6.45, 7) is 9.09. The van der Waals surface area contributed by atoms with E-state index in [0.29, 0.717) is 30.1 Å². The van der Waals surface area contributed by atoms with Gasteiger partial charge in [-0.1, -0.05) is 29.8 Å². The summed E-state index contributed by atoms with van der Waals surface area (Å²) < 4.78 is 28.9. The van der Waals surface area contributed by atoms with E-state index in [2.05, 4.69) is 15.1 Å². The Morgan fingerprint density at radius 2 is 1.80 bits per heavy atom. The van der Waals surface area contributed by atoms with Crippen molar-refractivity contribution >= 4 is 38.1 Å². The lowest BCUT2D eigenvalue weighted by molar-refractivity contribution is -0.117. The topological polar surface area (TPSA) is 96.0 Å². The van der Waals surface area contributed by atoms with Gasteiger partial charge in [0.1, 0.15) is 10.6 Å². The lowest BCUT2D eigenvalue weighted by atomic mass is 10.0. The van der Waals surface area contributed by atoms with Gasteiger partial charge in [-0.3, -0.25) is 14.6 Å². The first kappa shape index (κ1) is 25.8. The summed E-state index contributed by atoms with van der Waals surface area (Å²) >= 11 is 1.39. The van der Waals surface area contributed by atoms with Crippen LogP contribution in [0.25, 0.3) is 11.1 Å². The third-order valence-electron chi connectivity index (χ3n) is 6.66. The minimum Gasteiger partial charge on any atom is -0.462 e. The van der Waals surface area contributed by atoms with E-state index in [4.69, 9.17) is 4.74 Å². The highest BCUT2D eigenvalue weighted by atomic mass is 32.2. The minimum atomic E-state index is -2.91. The molecule has 3 heterocycles. The lowest BCUT2D eigenvalue weighted by Crippen LogP contribution is -2.52. The molecule has 0 bridgehead atoms. The zero-order valence-electron chi connectivity index (χ0n) is 20.5. The number of sulfone groups is 1. The number of rotatable bonds is 7. The number of ether oxygens (including phenoxy) is 1. The van der Waals surface area contributed by atoms with E-state index in [1.54, 1.807) is 6.92 Å². The van der Waals surface area contributed by atoms with Crippen LogP contribution in [0.2, 0.25) is 0 Å². The summed E-state index contributed by atoms with van der Waals surface area (Å²) in [7, 11) is -2.91. The minimum absolute atomic E-state index is 0.0948. The number of benzene rings is 1. The van der Waals surface area contributed by atoms with Crippen LogP contribution in [0.3, 0.4) is 0 Å². The Hall–Kier alpha value is -2.27. The van der Waals surface area contributed by atoms with E-state index in [0.717, 1.165) is 34.7 Å². The smallest absolute Gasteiger partial charge is 0.341 e. The van der Waals surface area contributed by atoms with Crippen molar-refractivity contribution in [2.75, 3.05) is 56.2 Å². The van der Waals surface area contributed by atoms with E-state index >= 15 is 0 Å². The van der Waals surface area contributed by atoms with Crippen molar-refractivity contribution in [2.45, 2.75) is 33.2 Å². The van der Waals surface area contributed by atoms with Crippen molar-refractivity contribution < 1.29 is 22.7 Å². The van der Waals surface area contributed by atoms with Gasteiger partial charge in [-0.25, -0.2) is 13.2 Å². The number of carbonyl (C=O) groups is 2. The molecule has 2 fully saturated rings. The summed E-state index contributed by atoms with van der Waals surface area (Å²) in [6.07, 6.45) is 0.695. The average molecular weight is 520 g/mol. The van der Waals surface area contributed by atoms with Gasteiger partial charge >= 0.3 is 5.97 Å². The first-order valence-electron chi connectivity index (χ1n) is 12.0. The highest BCUT2D eigenvalue weighted by Crippen LogP contribution is 2.40. The monoisotopic (exact) mass is 519 g/mol. The van der Waals surface area contributed by atoms with Gasteiger partial charge in [-0.15, -0.1) is 11.3 Å². The molecule has 190 valence electrons. The summed E-state index contributed by atoms with van der Waals surface area (Å²) in [5.74, 6) is -0.106. The summed E-state index contributed by atoms with van der Waals surface area (Å²) in [5, 5.41) is 3.47. The van der Waals surface area contributed by atoms with Gasteiger partial charge in [-0.05, 0) is 32.8 Å². The summed E-state index contributed by atoms with van der Waals surface area (Å²) in [6, 6.07) is 8.06. The van der Waals surface area contributed by atoms with E-state index in [1.165, 1.54) is 11.3 Å². The van der Waals surface area contributed by atoms with Crippen LogP contribution in [-0.2, 0) is 19.4 Å². The number of aryl methyl sites for hydroxylation is 2. The van der Waals surface area contributed by atoms with Gasteiger partial charge in [-0.2, -0.15) is 0 Å². The molecular formula is C25H33N3O5S2. The zero-order valence-corrected chi connectivity index (χ0v) is 22.1. The Morgan fingerprint density at radius 3 is 2.40 bits per heavy atom. The number of piperazine rings is 1. The number of amides is 1. The highest BCUT2D eigenvalue weighted by Gasteiger charge is 2.34. The van der Waals surface area contributed by atoms with Crippen LogP contribution in [0.1, 0.15) is 34.1 Å². The number of nitrogens with zero attached hydrogens (tertiary/aromatic N) is 2. The van der Waals surface area contributed by atoms with E-state index in [-0.39, 0.29) is 36.6 Å². The number of esters is 1. The van der Waals surface area contributed by atoms with Crippen molar-refractivity contribution in [3.05, 3.63) is 40.3 Å². The largest absolute Gasteiger partial charge is 0.462 e. The maximum absolute atomic E-state index is 12.9. The van der Waals surface area contributed by atoms with Crippen LogP contribution in [0.5, 0.6) is 0 Å². The van der Waals surface area contributed by atoms with Crippen molar-refractivity contribution in [1.29, 1.82) is 0 Å². The second-order valence-electron chi connectivity index (χ2n) is 9.24. The molecule has 2 aliphatic rings. The molecule has 4 rings (SSSR count). The molecule has 2 aromatic rings. The number of thiophene rings is 1. The fourth-order valence-corrected chi connectivity index (χ4v) is 7.66. The first-order chi connectivity index (χ1) is 16.7. The van der Waals surface area contributed by atoms with Crippen LogP contribution < -0.4 is 5.32 Å². The predicted octanol–water partition coefficient (Wildman–Crippen LogP) is 2.95. The van der Waals surface area contributed by atoms with Crippen LogP contribution in [0.4, 0.5) is 5.00 Å². The quantitative estimate of drug-likeness (QED) is 0.562. The molecular weight excluding hydrogens is 486 g/mol. The number of nitrogens with one attached hydrogen (secondary N) is 1. The van der Waals surface area contributed by atoms with Crippen molar-refractivity contribution in [3.63, 3.8) is 0 Å². The molecule has 8 nitrogen and oxygen atoms in total. The Morgan fingerprint density at radius 1 is 1.11 bits per heavy atom. The molecule has 1 atom stereocenters. The predicted molar refractivity (Wildman–Crippen MR) is 139 cm³/mol. The normalized spacial score (nSPS) is 20.6. The maximum Gasteiger partial charge on any atom is 0.341 e. The third-order valence-corrected chi connectivity index (χ3v) is 9.43. The Bertz CT molecular complexity index is 1180. The fourth-order valence-electron chi connectivity index (χ4n) is 4.82. The van der Waals surface area contributed by atoms with Gasteiger partial charge in [0.25, 0.3) is 0 Å². The van der Waals surface area contributed by atoms with Crippen molar-refractivity contribution in [3.8, 4) is 11.1 Å². The molecule has 35 heavy (non-hydrogen) atoms. The van der Waals surface area contributed by atoms with Gasteiger partial charge in [0, 0.05) is 42.7 Å². The molecule has 10 heteroatoms. The standard InChI is InChI=1S/C25H33N3O5S2/c1-4-33-25(30)23-22(19-7-5-17(2)6-8-19)18(3)34-24(23)26-21(29)15-27-10-12-28(13-11-27)20-9-14-35(31,32)16-20/h5-8,20H,4,9-16H2,1-3H3,(H,26,29). The van der Waals surface area contributed by atoms with Crippen LogP contribution >= 0.6 is 11.3 Å². The molecule has 1 aromatic carbocycles. The fraction of sp³-hybridized carbons (Fsp3) is 0.520. The van der Waals surface area contributed by atoms with Crippen LogP contribution in [0, 0.1) is 13.8 Å².